The molecule has 0 aromatic carbocycles. The van der Waals surface area contributed by atoms with Crippen molar-refractivity contribution in [3.63, 3.8) is 0 Å². The number of aromatic amines is 1. The van der Waals surface area contributed by atoms with Crippen molar-refractivity contribution >= 4 is 0 Å². The molecule has 1 aliphatic rings. The van der Waals surface area contributed by atoms with E-state index in [9.17, 15) is 0 Å². The van der Waals surface area contributed by atoms with E-state index >= 15 is 0 Å². The Balaban J connectivity index is 1.72. The minimum atomic E-state index is 0.761. The third-order valence-electron chi connectivity index (χ3n) is 2.67. The standard InChI is InChI=1S/C10H16N2O/c1-2-4-9(5-3-1)8-13-10-6-7-11-12-10/h6-7,9H,1-5,8H2,(H,11,12). The predicted molar refractivity (Wildman–Crippen MR) is 50.7 cm³/mol. The van der Waals surface area contributed by atoms with Crippen molar-refractivity contribution < 1.29 is 4.74 Å². The quantitative estimate of drug-likeness (QED) is 0.775. The third-order valence-corrected chi connectivity index (χ3v) is 2.67. The molecule has 13 heavy (non-hydrogen) atoms. The van der Waals surface area contributed by atoms with Crippen molar-refractivity contribution in [1.29, 1.82) is 0 Å². The first-order valence-electron chi connectivity index (χ1n) is 5.07. The van der Waals surface area contributed by atoms with Gasteiger partial charge in [0, 0.05) is 6.07 Å². The van der Waals surface area contributed by atoms with E-state index in [0.29, 0.717) is 0 Å². The number of nitrogens with one attached hydrogen (secondary N) is 1. The third kappa shape index (κ3) is 2.47. The summed E-state index contributed by atoms with van der Waals surface area (Å²) in [6.07, 6.45) is 8.52. The molecule has 0 radical (unpaired) electrons. The van der Waals surface area contributed by atoms with Crippen molar-refractivity contribution in [3.05, 3.63) is 12.3 Å². The number of ether oxygens (including phenoxy) is 1. The second-order valence-corrected chi connectivity index (χ2v) is 3.74. The zero-order valence-corrected chi connectivity index (χ0v) is 7.83. The van der Waals surface area contributed by atoms with Crippen molar-refractivity contribution in [2.75, 3.05) is 6.61 Å². The molecule has 1 saturated carbocycles. The van der Waals surface area contributed by atoms with E-state index in [0.717, 1.165) is 18.4 Å². The van der Waals surface area contributed by atoms with E-state index in [1.165, 1.54) is 32.1 Å². The van der Waals surface area contributed by atoms with Crippen LogP contribution in [0.3, 0.4) is 0 Å². The zero-order valence-electron chi connectivity index (χ0n) is 7.83. The van der Waals surface area contributed by atoms with Gasteiger partial charge >= 0.3 is 0 Å². The molecule has 0 atom stereocenters. The van der Waals surface area contributed by atoms with Crippen LogP contribution in [0.2, 0.25) is 0 Å². The number of aromatic nitrogens is 2. The van der Waals surface area contributed by atoms with E-state index in [1.807, 2.05) is 6.07 Å². The predicted octanol–water partition coefficient (Wildman–Crippen LogP) is 2.37. The van der Waals surface area contributed by atoms with Gasteiger partial charge in [-0.2, -0.15) is 5.10 Å². The van der Waals surface area contributed by atoms with Crippen LogP contribution in [-0.2, 0) is 0 Å². The first-order chi connectivity index (χ1) is 6.45. The number of hydrogen-bond acceptors (Lipinski definition) is 2. The van der Waals surface area contributed by atoms with Gasteiger partial charge in [-0.15, -0.1) is 0 Å². The lowest BCUT2D eigenvalue weighted by Gasteiger charge is -2.20. The summed E-state index contributed by atoms with van der Waals surface area (Å²) < 4.78 is 5.57. The molecule has 2 rings (SSSR count). The van der Waals surface area contributed by atoms with E-state index in [2.05, 4.69) is 10.2 Å². The van der Waals surface area contributed by atoms with Crippen LogP contribution in [-0.4, -0.2) is 16.8 Å². The molecule has 72 valence electrons. The summed E-state index contributed by atoms with van der Waals surface area (Å²) in [6.45, 7) is 0.849. The van der Waals surface area contributed by atoms with E-state index < -0.39 is 0 Å². The molecule has 0 spiro atoms. The molecule has 3 heteroatoms. The Morgan fingerprint density at radius 2 is 2.23 bits per heavy atom. The summed E-state index contributed by atoms with van der Waals surface area (Å²) in [4.78, 5) is 0. The summed E-state index contributed by atoms with van der Waals surface area (Å²) in [5.74, 6) is 1.56. The molecular formula is C10H16N2O. The Morgan fingerprint density at radius 3 is 2.92 bits per heavy atom. The minimum Gasteiger partial charge on any atom is -0.478 e. The van der Waals surface area contributed by atoms with Crippen LogP contribution in [0.15, 0.2) is 12.3 Å². The molecule has 0 unspecified atom stereocenters. The Morgan fingerprint density at radius 1 is 1.38 bits per heavy atom. The molecule has 0 amide bonds. The van der Waals surface area contributed by atoms with Crippen LogP contribution >= 0.6 is 0 Å². The van der Waals surface area contributed by atoms with Gasteiger partial charge in [0.15, 0.2) is 0 Å². The maximum Gasteiger partial charge on any atom is 0.209 e. The molecule has 1 aromatic heterocycles. The second-order valence-electron chi connectivity index (χ2n) is 3.74. The second kappa shape index (κ2) is 4.30. The SMILES string of the molecule is c1cc(OCC2CCCCC2)[nH]n1. The Labute approximate surface area is 78.5 Å². The van der Waals surface area contributed by atoms with E-state index in [4.69, 9.17) is 4.74 Å². The van der Waals surface area contributed by atoms with Crippen molar-refractivity contribution in [3.8, 4) is 5.88 Å². The van der Waals surface area contributed by atoms with Crippen LogP contribution < -0.4 is 4.74 Å². The highest BCUT2D eigenvalue weighted by Crippen LogP contribution is 2.23. The van der Waals surface area contributed by atoms with E-state index in [-0.39, 0.29) is 0 Å². The highest BCUT2D eigenvalue weighted by Gasteiger charge is 2.13. The largest absolute Gasteiger partial charge is 0.478 e. The molecule has 0 saturated heterocycles. The first kappa shape index (κ1) is 8.60. The fraction of sp³-hybridized carbons (Fsp3) is 0.700. The summed E-state index contributed by atoms with van der Waals surface area (Å²) in [6, 6.07) is 1.86. The number of rotatable bonds is 3. The van der Waals surface area contributed by atoms with Crippen LogP contribution in [0.1, 0.15) is 32.1 Å². The van der Waals surface area contributed by atoms with Crippen LogP contribution in [0.5, 0.6) is 5.88 Å². The minimum absolute atomic E-state index is 0.761. The van der Waals surface area contributed by atoms with Gasteiger partial charge in [0.1, 0.15) is 0 Å². The summed E-state index contributed by atoms with van der Waals surface area (Å²) in [7, 11) is 0. The highest BCUT2D eigenvalue weighted by molar-refractivity contribution is 5.03. The molecule has 0 bridgehead atoms. The molecule has 1 aliphatic carbocycles. The lowest BCUT2D eigenvalue weighted by atomic mass is 9.90. The normalized spacial score (nSPS) is 18.8. The average Bonchev–Trinajstić information content (AvgIpc) is 2.69. The fourth-order valence-electron chi connectivity index (χ4n) is 1.88. The van der Waals surface area contributed by atoms with Crippen molar-refractivity contribution in [2.24, 2.45) is 5.92 Å². The molecule has 1 aromatic rings. The maximum atomic E-state index is 5.57. The van der Waals surface area contributed by atoms with Gasteiger partial charge in [-0.1, -0.05) is 19.3 Å². The van der Waals surface area contributed by atoms with Crippen molar-refractivity contribution in [1.82, 2.24) is 10.2 Å². The Bertz CT molecular complexity index is 227. The maximum absolute atomic E-state index is 5.57. The van der Waals surface area contributed by atoms with Crippen molar-refractivity contribution in [2.45, 2.75) is 32.1 Å². The monoisotopic (exact) mass is 180 g/mol. The number of hydrogen-bond donors (Lipinski definition) is 1. The lowest BCUT2D eigenvalue weighted by molar-refractivity contribution is 0.202. The van der Waals surface area contributed by atoms with Gasteiger partial charge in [-0.3, -0.25) is 0 Å². The van der Waals surface area contributed by atoms with Gasteiger partial charge in [-0.05, 0) is 18.8 Å². The molecular weight excluding hydrogens is 164 g/mol. The Hall–Kier alpha value is -0.990. The Kier molecular flexibility index (Phi) is 2.85. The van der Waals surface area contributed by atoms with Crippen LogP contribution in [0, 0.1) is 5.92 Å². The number of H-pyrrole nitrogens is 1. The van der Waals surface area contributed by atoms with Gasteiger partial charge in [0.2, 0.25) is 5.88 Å². The van der Waals surface area contributed by atoms with Gasteiger partial charge < -0.3 is 4.74 Å². The molecule has 1 fully saturated rings. The van der Waals surface area contributed by atoms with Crippen LogP contribution in [0.25, 0.3) is 0 Å². The molecule has 3 nitrogen and oxygen atoms in total. The summed E-state index contributed by atoms with van der Waals surface area (Å²) >= 11 is 0. The first-order valence-corrected chi connectivity index (χ1v) is 5.07. The zero-order chi connectivity index (χ0) is 8.93. The average molecular weight is 180 g/mol. The number of nitrogens with zero attached hydrogens (tertiary/aromatic N) is 1. The van der Waals surface area contributed by atoms with E-state index in [1.54, 1.807) is 6.20 Å². The lowest BCUT2D eigenvalue weighted by Crippen LogP contribution is -2.15. The van der Waals surface area contributed by atoms with Gasteiger partial charge in [0.05, 0.1) is 12.8 Å². The highest BCUT2D eigenvalue weighted by atomic mass is 16.5. The topological polar surface area (TPSA) is 37.9 Å². The molecule has 1 N–H and O–H groups in total. The fourth-order valence-corrected chi connectivity index (χ4v) is 1.88. The van der Waals surface area contributed by atoms with Crippen LogP contribution in [0.4, 0.5) is 0 Å². The summed E-state index contributed by atoms with van der Waals surface area (Å²) in [5, 5.41) is 6.64. The van der Waals surface area contributed by atoms with Gasteiger partial charge in [0.25, 0.3) is 0 Å². The smallest absolute Gasteiger partial charge is 0.209 e. The summed E-state index contributed by atoms with van der Waals surface area (Å²) in [5.41, 5.74) is 0. The van der Waals surface area contributed by atoms with Gasteiger partial charge in [-0.25, -0.2) is 5.10 Å². The molecule has 1 heterocycles. The molecule has 0 aliphatic heterocycles.